The van der Waals surface area contributed by atoms with E-state index in [4.69, 9.17) is 14.2 Å². The zero-order valence-electron chi connectivity index (χ0n) is 20.0. The predicted octanol–water partition coefficient (Wildman–Crippen LogP) is 2.19. The van der Waals surface area contributed by atoms with Gasteiger partial charge in [-0.1, -0.05) is 23.4 Å². The van der Waals surface area contributed by atoms with Crippen molar-refractivity contribution in [1.82, 2.24) is 15.0 Å². The van der Waals surface area contributed by atoms with Crippen molar-refractivity contribution in [2.75, 3.05) is 25.1 Å². The number of para-hydroxylation sites is 1. The van der Waals surface area contributed by atoms with Crippen LogP contribution in [-0.4, -0.2) is 75.0 Å². The molecule has 0 bridgehead atoms. The number of ether oxygens (including phenoxy) is 3. The SMILES string of the molecule is O=C(CO[C@@H]1[C@@H](n2cc(-c3cc(F)c(F)c(F)c3)nn2)[C@@H](O)[C@@H](CO)O[C@@]12CCCO2)Nc1ccccc1. The normalized spacial score (nSPS) is 27.1. The molecule has 1 aromatic heterocycles. The fourth-order valence-corrected chi connectivity index (χ4v) is 4.81. The van der Waals surface area contributed by atoms with Gasteiger partial charge in [-0.05, 0) is 30.7 Å². The number of nitrogens with zero attached hydrogens (tertiary/aromatic N) is 3. The van der Waals surface area contributed by atoms with E-state index in [-0.39, 0.29) is 11.3 Å². The molecule has 5 atom stereocenters. The molecule has 3 aromatic rings. The highest BCUT2D eigenvalue weighted by Crippen LogP contribution is 2.44. The quantitative estimate of drug-likeness (QED) is 0.394. The summed E-state index contributed by atoms with van der Waals surface area (Å²) in [5, 5.41) is 31.7. The number of rotatable bonds is 7. The van der Waals surface area contributed by atoms with E-state index in [1.807, 2.05) is 0 Å². The smallest absolute Gasteiger partial charge is 0.250 e. The van der Waals surface area contributed by atoms with Crippen molar-refractivity contribution in [3.63, 3.8) is 0 Å². The lowest BCUT2D eigenvalue weighted by Crippen LogP contribution is -2.63. The molecule has 2 aliphatic rings. The second kappa shape index (κ2) is 10.8. The summed E-state index contributed by atoms with van der Waals surface area (Å²) >= 11 is 0. The maximum Gasteiger partial charge on any atom is 0.250 e. The predicted molar refractivity (Wildman–Crippen MR) is 125 cm³/mol. The summed E-state index contributed by atoms with van der Waals surface area (Å²) in [6.45, 7) is -0.676. The maximum atomic E-state index is 13.8. The molecular formula is C25H25F3N4O6. The molecule has 3 N–H and O–H groups in total. The molecule has 0 unspecified atom stereocenters. The standard InChI is InChI=1S/C25H25F3N4O6/c26-16-9-14(10-17(27)21(16)28)18-11-32(31-30-18)22-23(35)19(12-33)38-25(7-4-8-37-25)24(22)36-13-20(34)29-15-5-2-1-3-6-15/h1-3,5-6,9-11,19,22-24,33,35H,4,7-8,12-13H2,(H,29,34)/t19-,22+,23+,24-,25+/m1/s1. The molecule has 5 rings (SSSR count). The molecule has 13 heteroatoms. The van der Waals surface area contributed by atoms with Gasteiger partial charge in [-0.2, -0.15) is 0 Å². The third-order valence-corrected chi connectivity index (χ3v) is 6.57. The highest BCUT2D eigenvalue weighted by atomic mass is 19.2. The van der Waals surface area contributed by atoms with Crippen molar-refractivity contribution in [3.05, 3.63) is 66.1 Å². The second-order valence-corrected chi connectivity index (χ2v) is 9.07. The molecule has 0 saturated carbocycles. The van der Waals surface area contributed by atoms with Gasteiger partial charge in [-0.25, -0.2) is 17.9 Å². The molecule has 1 amide bonds. The number of benzene rings is 2. The molecule has 3 heterocycles. The first-order valence-electron chi connectivity index (χ1n) is 12.0. The molecule has 202 valence electrons. The van der Waals surface area contributed by atoms with Crippen LogP contribution >= 0.6 is 0 Å². The van der Waals surface area contributed by atoms with Crippen LogP contribution in [0.4, 0.5) is 18.9 Å². The van der Waals surface area contributed by atoms with Gasteiger partial charge in [0.2, 0.25) is 5.91 Å². The number of aliphatic hydroxyl groups is 2. The zero-order chi connectivity index (χ0) is 26.9. The summed E-state index contributed by atoms with van der Waals surface area (Å²) in [5.41, 5.74) is 0.466. The van der Waals surface area contributed by atoms with E-state index in [0.29, 0.717) is 25.1 Å². The highest BCUT2D eigenvalue weighted by molar-refractivity contribution is 5.91. The van der Waals surface area contributed by atoms with Gasteiger partial charge in [0, 0.05) is 17.7 Å². The van der Waals surface area contributed by atoms with Crippen LogP contribution < -0.4 is 5.32 Å². The minimum atomic E-state index is -1.62. The van der Waals surface area contributed by atoms with E-state index in [1.54, 1.807) is 30.3 Å². The Morgan fingerprint density at radius 2 is 1.95 bits per heavy atom. The third kappa shape index (κ3) is 5.02. The molecule has 2 aromatic carbocycles. The van der Waals surface area contributed by atoms with E-state index in [0.717, 1.165) is 12.1 Å². The van der Waals surface area contributed by atoms with Crippen molar-refractivity contribution in [3.8, 4) is 11.3 Å². The Morgan fingerprint density at radius 1 is 1.21 bits per heavy atom. The van der Waals surface area contributed by atoms with Crippen LogP contribution in [0.5, 0.6) is 0 Å². The van der Waals surface area contributed by atoms with Crippen LogP contribution in [-0.2, 0) is 19.0 Å². The highest BCUT2D eigenvalue weighted by Gasteiger charge is 2.58. The Labute approximate surface area is 214 Å². The van der Waals surface area contributed by atoms with Crippen molar-refractivity contribution < 1.29 is 42.4 Å². The fraction of sp³-hybridized carbons (Fsp3) is 0.400. The first-order chi connectivity index (χ1) is 18.3. The van der Waals surface area contributed by atoms with Crippen molar-refractivity contribution >= 4 is 11.6 Å². The third-order valence-electron chi connectivity index (χ3n) is 6.57. The van der Waals surface area contributed by atoms with E-state index >= 15 is 0 Å². The number of nitrogens with one attached hydrogen (secondary N) is 1. The Balaban J connectivity index is 1.45. The lowest BCUT2D eigenvalue weighted by atomic mass is 9.88. The van der Waals surface area contributed by atoms with Crippen LogP contribution in [0.2, 0.25) is 0 Å². The summed E-state index contributed by atoms with van der Waals surface area (Å²) < 4.78 is 60.1. The molecule has 2 fully saturated rings. The number of carbonyl (C=O) groups excluding carboxylic acids is 1. The first kappa shape index (κ1) is 26.3. The number of anilines is 1. The lowest BCUT2D eigenvalue weighted by molar-refractivity contribution is -0.345. The van der Waals surface area contributed by atoms with Gasteiger partial charge in [0.15, 0.2) is 23.2 Å². The summed E-state index contributed by atoms with van der Waals surface area (Å²) in [6.07, 6.45) is -1.36. The maximum absolute atomic E-state index is 13.8. The number of hydrogen-bond acceptors (Lipinski definition) is 8. The van der Waals surface area contributed by atoms with Gasteiger partial charge in [0.1, 0.15) is 36.7 Å². The zero-order valence-corrected chi connectivity index (χ0v) is 20.0. The average Bonchev–Trinajstić information content (AvgIpc) is 3.58. The van der Waals surface area contributed by atoms with Gasteiger partial charge in [0.05, 0.1) is 19.4 Å². The second-order valence-electron chi connectivity index (χ2n) is 9.07. The molecule has 0 aliphatic carbocycles. The summed E-state index contributed by atoms with van der Waals surface area (Å²) in [5.74, 6) is -6.30. The lowest BCUT2D eigenvalue weighted by Gasteiger charge is -2.49. The molecular weight excluding hydrogens is 509 g/mol. The Bertz CT molecular complexity index is 1260. The van der Waals surface area contributed by atoms with Crippen LogP contribution in [0.15, 0.2) is 48.7 Å². The van der Waals surface area contributed by atoms with Gasteiger partial charge < -0.3 is 29.7 Å². The number of halogens is 3. The van der Waals surface area contributed by atoms with Crippen LogP contribution in [0.3, 0.4) is 0 Å². The fourth-order valence-electron chi connectivity index (χ4n) is 4.81. The molecule has 1 spiro atoms. The Morgan fingerprint density at radius 3 is 2.61 bits per heavy atom. The molecule has 0 radical (unpaired) electrons. The van der Waals surface area contributed by atoms with Gasteiger partial charge in [-0.3, -0.25) is 4.79 Å². The van der Waals surface area contributed by atoms with E-state index in [2.05, 4.69) is 15.6 Å². The summed E-state index contributed by atoms with van der Waals surface area (Å²) in [6, 6.07) is 9.20. The van der Waals surface area contributed by atoms with Gasteiger partial charge in [-0.15, -0.1) is 5.10 Å². The Hall–Kier alpha value is -3.36. The van der Waals surface area contributed by atoms with E-state index in [9.17, 15) is 28.2 Å². The summed E-state index contributed by atoms with van der Waals surface area (Å²) in [4.78, 5) is 12.6. The number of carbonyl (C=O) groups is 1. The number of aliphatic hydroxyl groups excluding tert-OH is 2. The minimum absolute atomic E-state index is 0.0102. The van der Waals surface area contributed by atoms with Crippen molar-refractivity contribution in [2.45, 2.75) is 43.0 Å². The molecule has 2 aliphatic heterocycles. The van der Waals surface area contributed by atoms with E-state index in [1.165, 1.54) is 10.9 Å². The van der Waals surface area contributed by atoms with Crippen LogP contribution in [0.1, 0.15) is 18.9 Å². The monoisotopic (exact) mass is 534 g/mol. The topological polar surface area (TPSA) is 128 Å². The van der Waals surface area contributed by atoms with Crippen LogP contribution in [0, 0.1) is 17.5 Å². The van der Waals surface area contributed by atoms with E-state index < -0.39 is 66.7 Å². The average molecular weight is 534 g/mol. The largest absolute Gasteiger partial charge is 0.394 e. The minimum Gasteiger partial charge on any atom is -0.394 e. The first-order valence-corrected chi connectivity index (χ1v) is 12.0. The number of amides is 1. The number of hydrogen-bond donors (Lipinski definition) is 3. The molecule has 38 heavy (non-hydrogen) atoms. The Kier molecular flexibility index (Phi) is 7.45. The number of aromatic nitrogens is 3. The van der Waals surface area contributed by atoms with Gasteiger partial charge in [0.25, 0.3) is 0 Å². The van der Waals surface area contributed by atoms with Gasteiger partial charge >= 0.3 is 0 Å². The van der Waals surface area contributed by atoms with Crippen LogP contribution in [0.25, 0.3) is 11.3 Å². The molecule has 2 saturated heterocycles. The molecule has 10 nitrogen and oxygen atoms in total. The van der Waals surface area contributed by atoms with Crippen molar-refractivity contribution in [2.24, 2.45) is 0 Å². The summed E-state index contributed by atoms with van der Waals surface area (Å²) in [7, 11) is 0. The van der Waals surface area contributed by atoms with Crippen molar-refractivity contribution in [1.29, 1.82) is 0 Å².